The number of sulfonamides is 1. The Labute approximate surface area is 177 Å². The monoisotopic (exact) mass is 432 g/mol. The summed E-state index contributed by atoms with van der Waals surface area (Å²) < 4.78 is 38.5. The number of hydrogen-bond donors (Lipinski definition) is 2. The van der Waals surface area contributed by atoms with Crippen LogP contribution in [-0.2, 0) is 23.0 Å². The molecule has 0 saturated carbocycles. The smallest absolute Gasteiger partial charge is 0.251 e. The van der Waals surface area contributed by atoms with E-state index in [0.717, 1.165) is 28.9 Å². The third kappa shape index (κ3) is 4.44. The lowest BCUT2D eigenvalue weighted by Gasteiger charge is -2.15. The van der Waals surface area contributed by atoms with Crippen LogP contribution < -0.4 is 19.5 Å². The van der Waals surface area contributed by atoms with Gasteiger partial charge < -0.3 is 14.8 Å². The van der Waals surface area contributed by atoms with Gasteiger partial charge in [0, 0.05) is 29.7 Å². The fourth-order valence-corrected chi connectivity index (χ4v) is 4.60. The molecule has 1 unspecified atom stereocenters. The number of carbonyl (C=O) groups excluding carboxylic acids is 1. The van der Waals surface area contributed by atoms with Crippen LogP contribution in [0.5, 0.6) is 11.5 Å². The van der Waals surface area contributed by atoms with Crippen LogP contribution in [0.3, 0.4) is 0 Å². The minimum absolute atomic E-state index is 0.102. The largest absolute Gasteiger partial charge is 0.494 e. The van der Waals surface area contributed by atoms with Gasteiger partial charge >= 0.3 is 0 Å². The molecule has 30 heavy (non-hydrogen) atoms. The predicted molar refractivity (Wildman–Crippen MR) is 115 cm³/mol. The topological polar surface area (TPSA) is 93.7 Å². The van der Waals surface area contributed by atoms with Gasteiger partial charge in [-0.05, 0) is 70.1 Å². The van der Waals surface area contributed by atoms with E-state index in [1.165, 1.54) is 13.1 Å². The Morgan fingerprint density at radius 2 is 1.97 bits per heavy atom. The molecule has 1 atom stereocenters. The Balaban J connectivity index is 1.85. The molecule has 0 bridgehead atoms. The van der Waals surface area contributed by atoms with Crippen LogP contribution >= 0.6 is 0 Å². The maximum Gasteiger partial charge on any atom is 0.251 e. The first-order chi connectivity index (χ1) is 14.2. The lowest BCUT2D eigenvalue weighted by molar-refractivity contribution is 0.0950. The van der Waals surface area contributed by atoms with Gasteiger partial charge in [0.25, 0.3) is 5.91 Å². The van der Waals surface area contributed by atoms with E-state index in [9.17, 15) is 13.2 Å². The van der Waals surface area contributed by atoms with E-state index in [1.807, 2.05) is 26.0 Å². The molecule has 0 saturated heterocycles. The molecule has 0 radical (unpaired) electrons. The highest BCUT2D eigenvalue weighted by atomic mass is 32.2. The van der Waals surface area contributed by atoms with Crippen LogP contribution in [0, 0.1) is 13.8 Å². The summed E-state index contributed by atoms with van der Waals surface area (Å²) >= 11 is 0. The lowest BCUT2D eigenvalue weighted by Crippen LogP contribution is -2.25. The molecule has 3 rings (SSSR count). The number of ether oxygens (including phenoxy) is 2. The van der Waals surface area contributed by atoms with Crippen LogP contribution in [0.2, 0.25) is 0 Å². The summed E-state index contributed by atoms with van der Waals surface area (Å²) in [5.74, 6) is 1.17. The van der Waals surface area contributed by atoms with Gasteiger partial charge in [-0.15, -0.1) is 0 Å². The second kappa shape index (κ2) is 8.65. The Morgan fingerprint density at radius 3 is 2.63 bits per heavy atom. The normalized spacial score (nSPS) is 15.4. The first-order valence-electron chi connectivity index (χ1n) is 9.94. The number of aryl methyl sites for hydroxylation is 1. The van der Waals surface area contributed by atoms with Crippen molar-refractivity contribution in [2.45, 2.75) is 51.7 Å². The van der Waals surface area contributed by atoms with E-state index in [-0.39, 0.29) is 29.0 Å². The summed E-state index contributed by atoms with van der Waals surface area (Å²) in [6, 6.07) is 6.97. The zero-order valence-corrected chi connectivity index (χ0v) is 18.8. The van der Waals surface area contributed by atoms with Crippen molar-refractivity contribution in [2.75, 3.05) is 13.7 Å². The van der Waals surface area contributed by atoms with E-state index in [2.05, 4.69) is 10.0 Å². The Bertz CT molecular complexity index is 1080. The predicted octanol–water partition coefficient (Wildman–Crippen LogP) is 2.86. The molecule has 1 heterocycles. The second-order valence-electron chi connectivity index (χ2n) is 7.44. The van der Waals surface area contributed by atoms with Gasteiger partial charge in [-0.1, -0.05) is 0 Å². The molecule has 1 aliphatic rings. The first kappa shape index (κ1) is 22.1. The molecule has 0 aromatic heterocycles. The van der Waals surface area contributed by atoms with Crippen molar-refractivity contribution in [3.8, 4) is 11.5 Å². The summed E-state index contributed by atoms with van der Waals surface area (Å²) in [6.45, 7) is 8.18. The molecular formula is C22H28N2O5S. The Morgan fingerprint density at radius 1 is 1.23 bits per heavy atom. The van der Waals surface area contributed by atoms with Gasteiger partial charge in [0.1, 0.15) is 17.6 Å². The van der Waals surface area contributed by atoms with Crippen LogP contribution in [0.4, 0.5) is 0 Å². The van der Waals surface area contributed by atoms with E-state index in [1.54, 1.807) is 19.9 Å². The Kier molecular flexibility index (Phi) is 6.38. The third-order valence-electron chi connectivity index (χ3n) is 5.26. The maximum absolute atomic E-state index is 12.8. The van der Waals surface area contributed by atoms with Crippen LogP contribution in [0.15, 0.2) is 29.2 Å². The molecule has 1 aliphatic heterocycles. The van der Waals surface area contributed by atoms with Gasteiger partial charge in [0.05, 0.1) is 11.5 Å². The average Bonchev–Trinajstić information content (AvgIpc) is 3.06. The number of rotatable bonds is 7. The highest BCUT2D eigenvalue weighted by molar-refractivity contribution is 7.89. The van der Waals surface area contributed by atoms with Gasteiger partial charge in [-0.2, -0.15) is 0 Å². The maximum atomic E-state index is 12.8. The standard InChI is InChI=1S/C22H28N2O5S/c1-6-28-19-9-16-8-14(3)29-20(16)10-18(19)12-24-22(25)17-7-13(2)15(4)21(11-17)30(26,27)23-5/h7,9-11,14,23H,6,8,12H2,1-5H3,(H,24,25). The van der Waals surface area contributed by atoms with Crippen molar-refractivity contribution >= 4 is 15.9 Å². The fraction of sp³-hybridized carbons (Fsp3) is 0.409. The summed E-state index contributed by atoms with van der Waals surface area (Å²) in [4.78, 5) is 12.9. The highest BCUT2D eigenvalue weighted by Crippen LogP contribution is 2.35. The highest BCUT2D eigenvalue weighted by Gasteiger charge is 2.23. The molecule has 0 aliphatic carbocycles. The summed E-state index contributed by atoms with van der Waals surface area (Å²) in [6.07, 6.45) is 0.940. The number of hydrogen-bond acceptors (Lipinski definition) is 5. The van der Waals surface area contributed by atoms with E-state index >= 15 is 0 Å². The number of amides is 1. The van der Waals surface area contributed by atoms with Crippen molar-refractivity contribution in [3.63, 3.8) is 0 Å². The number of benzene rings is 2. The Hall–Kier alpha value is -2.58. The third-order valence-corrected chi connectivity index (χ3v) is 6.80. The quantitative estimate of drug-likeness (QED) is 0.702. The molecule has 2 aromatic carbocycles. The lowest BCUT2D eigenvalue weighted by atomic mass is 10.0. The molecule has 2 aromatic rings. The van der Waals surface area contributed by atoms with Crippen molar-refractivity contribution in [3.05, 3.63) is 52.1 Å². The molecule has 7 nitrogen and oxygen atoms in total. The van der Waals surface area contributed by atoms with Gasteiger partial charge in [0.2, 0.25) is 10.0 Å². The number of fused-ring (bicyclic) bond motifs is 1. The van der Waals surface area contributed by atoms with Crippen molar-refractivity contribution in [2.24, 2.45) is 0 Å². The minimum Gasteiger partial charge on any atom is -0.494 e. The molecule has 0 spiro atoms. The first-order valence-corrected chi connectivity index (χ1v) is 11.4. The van der Waals surface area contributed by atoms with Crippen molar-refractivity contribution < 1.29 is 22.7 Å². The second-order valence-corrected chi connectivity index (χ2v) is 9.29. The van der Waals surface area contributed by atoms with E-state index in [4.69, 9.17) is 9.47 Å². The van der Waals surface area contributed by atoms with E-state index in [0.29, 0.717) is 17.9 Å². The zero-order chi connectivity index (χ0) is 22.1. The van der Waals surface area contributed by atoms with Crippen molar-refractivity contribution in [1.29, 1.82) is 0 Å². The SMILES string of the molecule is CCOc1cc2c(cc1CNC(=O)c1cc(C)c(C)c(S(=O)(=O)NC)c1)OC(C)C2. The summed E-state index contributed by atoms with van der Waals surface area (Å²) in [5.41, 5.74) is 3.54. The molecule has 2 N–H and O–H groups in total. The van der Waals surface area contributed by atoms with Crippen molar-refractivity contribution in [1.82, 2.24) is 10.0 Å². The average molecular weight is 433 g/mol. The molecule has 1 amide bonds. The van der Waals surface area contributed by atoms with Crippen LogP contribution in [0.25, 0.3) is 0 Å². The molecular weight excluding hydrogens is 404 g/mol. The number of nitrogens with one attached hydrogen (secondary N) is 2. The van der Waals surface area contributed by atoms with Gasteiger partial charge in [0.15, 0.2) is 0 Å². The zero-order valence-electron chi connectivity index (χ0n) is 18.0. The number of carbonyl (C=O) groups is 1. The molecule has 0 fully saturated rings. The molecule has 162 valence electrons. The van der Waals surface area contributed by atoms with Gasteiger partial charge in [-0.25, -0.2) is 13.1 Å². The summed E-state index contributed by atoms with van der Waals surface area (Å²) in [7, 11) is -2.32. The van der Waals surface area contributed by atoms with Crippen LogP contribution in [0.1, 0.15) is 46.5 Å². The minimum atomic E-state index is -3.67. The van der Waals surface area contributed by atoms with E-state index < -0.39 is 10.0 Å². The van der Waals surface area contributed by atoms with Crippen LogP contribution in [-0.4, -0.2) is 34.1 Å². The molecule has 8 heteroatoms. The summed E-state index contributed by atoms with van der Waals surface area (Å²) in [5, 5.41) is 2.87. The van der Waals surface area contributed by atoms with Gasteiger partial charge in [-0.3, -0.25) is 4.79 Å². The fourth-order valence-electron chi connectivity index (χ4n) is 3.53.